The smallest absolute Gasteiger partial charge is 0.260 e. The number of carbonyl (C=O) groups excluding carboxylic acids is 4. The summed E-state index contributed by atoms with van der Waals surface area (Å²) in [5, 5.41) is 3.37. The maximum absolute atomic E-state index is 16.0. The van der Waals surface area contributed by atoms with Crippen molar-refractivity contribution in [2.45, 2.75) is 74.3 Å². The molecule has 0 aliphatic carbocycles. The van der Waals surface area contributed by atoms with Crippen LogP contribution in [0.2, 0.25) is 0 Å². The highest BCUT2D eigenvalue weighted by Crippen LogP contribution is 2.52. The molecule has 74 heavy (non-hydrogen) atoms. The molecule has 7 aliphatic rings. The van der Waals surface area contributed by atoms with Gasteiger partial charge in [-0.25, -0.2) is 4.39 Å². The Morgan fingerprint density at radius 3 is 1.50 bits per heavy atom. The molecule has 6 aromatic rings. The number of rotatable bonds is 6. The maximum atomic E-state index is 16.0. The number of alkyl halides is 1. The number of likely N-dealkylation sites (tertiary alicyclic amines) is 2. The number of ether oxygens (including phenoxy) is 1. The van der Waals surface area contributed by atoms with Crippen molar-refractivity contribution in [3.8, 4) is 0 Å². The van der Waals surface area contributed by atoms with E-state index in [1.807, 2.05) is 161 Å². The van der Waals surface area contributed by atoms with Crippen LogP contribution in [-0.4, -0.2) is 98.1 Å². The molecule has 2 spiro atoms. The van der Waals surface area contributed by atoms with E-state index < -0.39 is 11.1 Å². The molecule has 0 radical (unpaired) electrons. The number of para-hydroxylation sites is 6. The first-order valence-electron chi connectivity index (χ1n) is 26.6. The lowest BCUT2D eigenvalue weighted by molar-refractivity contribution is -0.150. The highest BCUT2D eigenvalue weighted by molar-refractivity contribution is 6.14. The summed E-state index contributed by atoms with van der Waals surface area (Å²) in [7, 11) is 0. The molecule has 4 amide bonds. The molecule has 11 nitrogen and oxygen atoms in total. The number of fused-ring (bicyclic) bond motifs is 5. The second-order valence-electron chi connectivity index (χ2n) is 20.9. The maximum Gasteiger partial charge on any atom is 0.260 e. The second kappa shape index (κ2) is 21.1. The van der Waals surface area contributed by atoms with Crippen LogP contribution >= 0.6 is 0 Å². The van der Waals surface area contributed by atoms with Gasteiger partial charge in [-0.3, -0.25) is 33.9 Å². The molecule has 380 valence electrons. The van der Waals surface area contributed by atoms with Crippen LogP contribution in [0.3, 0.4) is 0 Å². The number of nitrogens with zero attached hydrogens (tertiary/aromatic N) is 5. The van der Waals surface area contributed by atoms with Gasteiger partial charge in [0.25, 0.3) is 5.91 Å². The van der Waals surface area contributed by atoms with E-state index in [-0.39, 0.29) is 41.9 Å². The molecule has 1 N–H and O–H groups in total. The minimum Gasteiger partial charge on any atom is -0.381 e. The molecule has 0 aromatic heterocycles. The fourth-order valence-corrected chi connectivity index (χ4v) is 12.6. The zero-order valence-electron chi connectivity index (χ0n) is 42.0. The van der Waals surface area contributed by atoms with Crippen LogP contribution in [0, 0.1) is 5.92 Å². The minimum absolute atomic E-state index is 0.0587. The number of hydrogen-bond acceptors (Lipinski definition) is 7. The average Bonchev–Trinajstić information content (AvgIpc) is 4.01. The fraction of sp³-hybridized carbons (Fsp3) is 0.355. The standard InChI is InChI=1S/C30H36FN3O3.C18H18N2O.C14H11NO/c31-30(14-16-32(17-15-30)22-23-10-20-37-21-11-23)28(36)33-18-12-29(13-19-33)25-8-4-5-9-26(25)34(27(29)35)24-6-2-1-3-7-24;21-17-18(10-12-19-13-11-18)15-8-4-5-9-16(15)20(17)14-6-2-1-3-7-14;16-14-10-11-6-4-5-9-13(11)15(14)12-7-2-1-3-8-12/h1-9,23H,10-22H2;1-9,19H,10-13H2;1-9H,10H2. The molecule has 7 aliphatic heterocycles. The van der Waals surface area contributed by atoms with Gasteiger partial charge >= 0.3 is 0 Å². The normalized spacial score (nSPS) is 20.6. The Balaban J connectivity index is 0.000000133. The number of hydrogen-bond donors (Lipinski definition) is 1. The highest BCUT2D eigenvalue weighted by atomic mass is 19.1. The van der Waals surface area contributed by atoms with Gasteiger partial charge in [-0.15, -0.1) is 0 Å². The number of anilines is 6. The third kappa shape index (κ3) is 9.22. The quantitative estimate of drug-likeness (QED) is 0.177. The van der Waals surface area contributed by atoms with Crippen molar-refractivity contribution in [3.05, 3.63) is 180 Å². The van der Waals surface area contributed by atoms with Crippen molar-refractivity contribution >= 4 is 57.8 Å². The molecule has 0 atom stereocenters. The molecule has 13 rings (SSSR count). The predicted octanol–water partition coefficient (Wildman–Crippen LogP) is 10.3. The second-order valence-corrected chi connectivity index (χ2v) is 20.9. The van der Waals surface area contributed by atoms with Crippen molar-refractivity contribution in [2.75, 3.05) is 73.7 Å². The zero-order valence-corrected chi connectivity index (χ0v) is 42.0. The van der Waals surface area contributed by atoms with Gasteiger partial charge in [0.05, 0.1) is 34.3 Å². The van der Waals surface area contributed by atoms with Crippen LogP contribution in [0.15, 0.2) is 164 Å². The summed E-state index contributed by atoms with van der Waals surface area (Å²) >= 11 is 0. The molecule has 0 bridgehead atoms. The van der Waals surface area contributed by atoms with Gasteiger partial charge < -0.3 is 19.9 Å². The number of benzene rings is 6. The largest absolute Gasteiger partial charge is 0.381 e. The van der Waals surface area contributed by atoms with Crippen molar-refractivity contribution in [1.29, 1.82) is 0 Å². The minimum atomic E-state index is -1.80. The van der Waals surface area contributed by atoms with Crippen molar-refractivity contribution in [1.82, 2.24) is 15.1 Å². The SMILES string of the molecule is O=C(N1CCC2(CC1)C(=O)N(c1ccccc1)c1ccccc12)C1(F)CCN(CC2CCOCC2)CC1.O=C1Cc2ccccc2N1c1ccccc1.O=C1N(c2ccccc2)c2ccccc2C12CCNCC2. The number of carbonyl (C=O) groups is 4. The predicted molar refractivity (Wildman–Crippen MR) is 288 cm³/mol. The van der Waals surface area contributed by atoms with E-state index in [1.165, 1.54) is 5.56 Å². The average molecular weight is 993 g/mol. The molecule has 12 heteroatoms. The summed E-state index contributed by atoms with van der Waals surface area (Å²) in [4.78, 5) is 62.0. The van der Waals surface area contributed by atoms with Crippen LogP contribution in [0.4, 0.5) is 38.5 Å². The highest BCUT2D eigenvalue weighted by Gasteiger charge is 2.55. The van der Waals surface area contributed by atoms with Crippen LogP contribution < -0.4 is 20.0 Å². The van der Waals surface area contributed by atoms with E-state index in [0.717, 1.165) is 104 Å². The van der Waals surface area contributed by atoms with Gasteiger partial charge in [0.2, 0.25) is 17.7 Å². The Morgan fingerprint density at radius 2 is 0.973 bits per heavy atom. The Bertz CT molecular complexity index is 2960. The van der Waals surface area contributed by atoms with Gasteiger partial charge in [0.1, 0.15) is 0 Å². The molecular weight excluding hydrogens is 928 g/mol. The lowest BCUT2D eigenvalue weighted by Gasteiger charge is -2.43. The zero-order chi connectivity index (χ0) is 50.7. The summed E-state index contributed by atoms with van der Waals surface area (Å²) < 4.78 is 21.4. The van der Waals surface area contributed by atoms with Crippen LogP contribution in [-0.2, 0) is 41.2 Å². The van der Waals surface area contributed by atoms with E-state index in [1.54, 1.807) is 9.80 Å². The Morgan fingerprint density at radius 1 is 0.527 bits per heavy atom. The van der Waals surface area contributed by atoms with Crippen LogP contribution in [0.25, 0.3) is 0 Å². The van der Waals surface area contributed by atoms with Crippen LogP contribution in [0.1, 0.15) is 68.1 Å². The van der Waals surface area contributed by atoms with Crippen molar-refractivity contribution < 1.29 is 28.3 Å². The molecule has 4 fully saturated rings. The summed E-state index contributed by atoms with van der Waals surface area (Å²) in [5.41, 5.74) is 6.26. The van der Waals surface area contributed by atoms with Crippen molar-refractivity contribution in [3.63, 3.8) is 0 Å². The first kappa shape index (κ1) is 49.2. The third-order valence-corrected chi connectivity index (χ3v) is 16.7. The van der Waals surface area contributed by atoms with Gasteiger partial charge in [0, 0.05) is 75.8 Å². The number of halogens is 1. The van der Waals surface area contributed by atoms with Gasteiger partial charge in [0.15, 0.2) is 5.67 Å². The Kier molecular flexibility index (Phi) is 14.0. The van der Waals surface area contributed by atoms with E-state index >= 15 is 4.39 Å². The number of amides is 4. The fourth-order valence-electron chi connectivity index (χ4n) is 12.6. The summed E-state index contributed by atoms with van der Waals surface area (Å²) in [6.07, 6.45) is 5.93. The van der Waals surface area contributed by atoms with E-state index in [0.29, 0.717) is 51.4 Å². The Hall–Kier alpha value is -6.99. The van der Waals surface area contributed by atoms with Crippen LogP contribution in [0.5, 0.6) is 0 Å². The first-order valence-corrected chi connectivity index (χ1v) is 26.6. The first-order chi connectivity index (χ1) is 36.2. The van der Waals surface area contributed by atoms with E-state index in [9.17, 15) is 19.2 Å². The third-order valence-electron chi connectivity index (χ3n) is 16.7. The lowest BCUT2D eigenvalue weighted by Crippen LogP contribution is -2.56. The topological polar surface area (TPSA) is 106 Å². The molecular formula is C62H65FN6O5. The summed E-state index contributed by atoms with van der Waals surface area (Å²) in [5.74, 6) is 0.663. The monoisotopic (exact) mass is 993 g/mol. The van der Waals surface area contributed by atoms with Gasteiger partial charge in [-0.05, 0) is 129 Å². The van der Waals surface area contributed by atoms with Crippen molar-refractivity contribution in [2.24, 2.45) is 5.92 Å². The molecule has 7 heterocycles. The molecule has 0 saturated carbocycles. The van der Waals surface area contributed by atoms with E-state index in [4.69, 9.17) is 4.74 Å². The number of nitrogens with one attached hydrogen (secondary N) is 1. The van der Waals surface area contributed by atoms with E-state index in [2.05, 4.69) is 22.3 Å². The number of piperidine rings is 3. The summed E-state index contributed by atoms with van der Waals surface area (Å²) in [6.45, 7) is 6.46. The summed E-state index contributed by atoms with van der Waals surface area (Å²) in [6, 6.07) is 53.6. The molecule has 6 aromatic carbocycles. The Labute approximate surface area is 433 Å². The lowest BCUT2D eigenvalue weighted by atomic mass is 9.73. The van der Waals surface area contributed by atoms with Gasteiger partial charge in [-0.2, -0.15) is 0 Å². The van der Waals surface area contributed by atoms with Gasteiger partial charge in [-0.1, -0.05) is 109 Å². The molecule has 4 saturated heterocycles. The molecule has 0 unspecified atom stereocenters.